The number of aryl methyl sites for hydroxylation is 1. The molecular weight excluding hydrogens is 388 g/mol. The number of rotatable bonds is 8. The number of hydrogen-bond donors (Lipinski definition) is 1. The van der Waals surface area contributed by atoms with Gasteiger partial charge >= 0.3 is 5.97 Å². The third-order valence-electron chi connectivity index (χ3n) is 4.34. The van der Waals surface area contributed by atoms with Crippen LogP contribution in [0.1, 0.15) is 35.9 Å². The first kappa shape index (κ1) is 21.0. The van der Waals surface area contributed by atoms with E-state index in [2.05, 4.69) is 24.1 Å². The molecule has 0 saturated carbocycles. The van der Waals surface area contributed by atoms with Gasteiger partial charge in [-0.25, -0.2) is 9.78 Å². The Kier molecular flexibility index (Phi) is 6.95. The number of carbonyl (C=O) groups excluding carboxylic acids is 2. The number of hydrogen-bond acceptors (Lipinski definition) is 6. The molecule has 1 amide bonds. The number of esters is 1. The van der Waals surface area contributed by atoms with Gasteiger partial charge < -0.3 is 14.8 Å². The van der Waals surface area contributed by atoms with E-state index in [-0.39, 0.29) is 31.6 Å². The molecule has 0 aliphatic carbocycles. The maximum atomic E-state index is 12.2. The van der Waals surface area contributed by atoms with E-state index in [1.165, 1.54) is 11.3 Å². The maximum absolute atomic E-state index is 12.2. The van der Waals surface area contributed by atoms with Crippen molar-refractivity contribution in [3.05, 3.63) is 58.6 Å². The predicted octanol–water partition coefficient (Wildman–Crippen LogP) is 4.43. The van der Waals surface area contributed by atoms with E-state index in [0.29, 0.717) is 0 Å². The fourth-order valence-corrected chi connectivity index (χ4v) is 3.81. The van der Waals surface area contributed by atoms with Crippen LogP contribution in [0.15, 0.2) is 42.5 Å². The summed E-state index contributed by atoms with van der Waals surface area (Å²) in [5, 5.41) is 3.64. The van der Waals surface area contributed by atoms with Gasteiger partial charge in [-0.15, -0.1) is 11.3 Å². The highest BCUT2D eigenvalue weighted by molar-refractivity contribution is 7.18. The molecular formula is C22H24N2O4S. The Balaban J connectivity index is 1.44. The number of thiazole rings is 1. The van der Waals surface area contributed by atoms with E-state index in [4.69, 9.17) is 9.47 Å². The minimum absolute atomic E-state index is 0.224. The molecule has 0 spiro atoms. The van der Waals surface area contributed by atoms with Crippen molar-refractivity contribution in [3.63, 3.8) is 0 Å². The average molecular weight is 413 g/mol. The fraction of sp³-hybridized carbons (Fsp3) is 0.318. The maximum Gasteiger partial charge on any atom is 0.332 e. The van der Waals surface area contributed by atoms with Crippen molar-refractivity contribution in [2.75, 3.05) is 18.5 Å². The van der Waals surface area contributed by atoms with Crippen LogP contribution in [-0.4, -0.2) is 30.1 Å². The van der Waals surface area contributed by atoms with Gasteiger partial charge in [0, 0.05) is 5.69 Å². The zero-order valence-corrected chi connectivity index (χ0v) is 17.5. The van der Waals surface area contributed by atoms with E-state index in [1.54, 1.807) is 0 Å². The monoisotopic (exact) mass is 412 g/mol. The van der Waals surface area contributed by atoms with Crippen molar-refractivity contribution in [1.29, 1.82) is 0 Å². The molecule has 1 aromatic heterocycles. The van der Waals surface area contributed by atoms with Crippen LogP contribution >= 0.6 is 11.3 Å². The van der Waals surface area contributed by atoms with Crippen molar-refractivity contribution in [2.24, 2.45) is 0 Å². The molecule has 0 atom stereocenters. The summed E-state index contributed by atoms with van der Waals surface area (Å²) in [4.78, 5) is 28.5. The molecule has 29 heavy (non-hydrogen) atoms. The number of nitrogens with one attached hydrogen (secondary N) is 1. The minimum atomic E-state index is -0.588. The highest BCUT2D eigenvalue weighted by atomic mass is 32.1. The molecule has 6 nitrogen and oxygen atoms in total. The number of carbonyl (C=O) groups is 2. The summed E-state index contributed by atoms with van der Waals surface area (Å²) in [6.45, 7) is 5.70. The van der Waals surface area contributed by atoms with Crippen LogP contribution in [0.25, 0.3) is 10.2 Å². The van der Waals surface area contributed by atoms with Crippen LogP contribution in [0.3, 0.4) is 0 Å². The van der Waals surface area contributed by atoms with Crippen molar-refractivity contribution >= 4 is 39.1 Å². The van der Waals surface area contributed by atoms with Gasteiger partial charge in [0.15, 0.2) is 6.61 Å². The topological polar surface area (TPSA) is 77.5 Å². The van der Waals surface area contributed by atoms with E-state index in [9.17, 15) is 9.59 Å². The summed E-state index contributed by atoms with van der Waals surface area (Å²) in [6.07, 6.45) is 0. The number of anilines is 1. The Morgan fingerprint density at radius 1 is 1.10 bits per heavy atom. The zero-order chi connectivity index (χ0) is 20.8. The van der Waals surface area contributed by atoms with Gasteiger partial charge in [-0.3, -0.25) is 4.79 Å². The van der Waals surface area contributed by atoms with E-state index in [0.717, 1.165) is 32.0 Å². The molecule has 1 N–H and O–H groups in total. The number of benzene rings is 2. The largest absolute Gasteiger partial charge is 0.454 e. The molecule has 0 aliphatic heterocycles. The van der Waals surface area contributed by atoms with Crippen molar-refractivity contribution in [3.8, 4) is 0 Å². The van der Waals surface area contributed by atoms with Gasteiger partial charge in [0.05, 0.1) is 16.8 Å². The molecule has 1 heterocycles. The molecule has 7 heteroatoms. The third kappa shape index (κ3) is 5.62. The van der Waals surface area contributed by atoms with Crippen molar-refractivity contribution in [2.45, 2.75) is 33.3 Å². The highest BCUT2D eigenvalue weighted by Crippen LogP contribution is 2.27. The normalized spacial score (nSPS) is 11.0. The smallest absolute Gasteiger partial charge is 0.332 e. The van der Waals surface area contributed by atoms with Crippen LogP contribution in [0, 0.1) is 6.92 Å². The fourth-order valence-electron chi connectivity index (χ4n) is 2.91. The van der Waals surface area contributed by atoms with Gasteiger partial charge in [-0.1, -0.05) is 44.2 Å². The Labute approximate surface area is 173 Å². The number of amides is 1. The van der Waals surface area contributed by atoms with Crippen LogP contribution < -0.4 is 5.32 Å². The lowest BCUT2D eigenvalue weighted by Crippen LogP contribution is -2.23. The summed E-state index contributed by atoms with van der Waals surface area (Å²) in [7, 11) is 0. The SMILES string of the molecule is Cc1cccc(C(C)C)c1NC(=O)COC(=O)COCc1nc2ccccc2s1. The molecule has 2 aromatic carbocycles. The van der Waals surface area contributed by atoms with Gasteiger partial charge in [-0.2, -0.15) is 0 Å². The second-order valence-electron chi connectivity index (χ2n) is 6.97. The average Bonchev–Trinajstić information content (AvgIpc) is 3.10. The molecule has 152 valence electrons. The van der Waals surface area contributed by atoms with Crippen LogP contribution in [-0.2, 0) is 25.7 Å². The summed E-state index contributed by atoms with van der Waals surface area (Å²) in [6, 6.07) is 13.7. The molecule has 0 aliphatic rings. The van der Waals surface area contributed by atoms with Crippen LogP contribution in [0.4, 0.5) is 5.69 Å². The molecule has 0 unspecified atom stereocenters. The van der Waals surface area contributed by atoms with E-state index in [1.807, 2.05) is 49.4 Å². The highest BCUT2D eigenvalue weighted by Gasteiger charge is 2.14. The summed E-state index contributed by atoms with van der Waals surface area (Å²) < 4.78 is 11.5. The Bertz CT molecular complexity index is 980. The number of nitrogens with zero attached hydrogens (tertiary/aromatic N) is 1. The summed E-state index contributed by atoms with van der Waals surface area (Å²) in [5.74, 6) is -0.695. The predicted molar refractivity (Wildman–Crippen MR) is 114 cm³/mol. The van der Waals surface area contributed by atoms with Crippen molar-refractivity contribution in [1.82, 2.24) is 4.98 Å². The van der Waals surface area contributed by atoms with Crippen LogP contribution in [0.2, 0.25) is 0 Å². The second-order valence-corrected chi connectivity index (χ2v) is 8.09. The van der Waals surface area contributed by atoms with Crippen LogP contribution in [0.5, 0.6) is 0 Å². The molecule has 0 fully saturated rings. The number of aromatic nitrogens is 1. The Morgan fingerprint density at radius 3 is 2.66 bits per heavy atom. The quantitative estimate of drug-likeness (QED) is 0.554. The first-order valence-corrected chi connectivity index (χ1v) is 10.2. The Morgan fingerprint density at radius 2 is 1.90 bits per heavy atom. The number of ether oxygens (including phenoxy) is 2. The lowest BCUT2D eigenvalue weighted by atomic mass is 9.98. The summed E-state index contributed by atoms with van der Waals surface area (Å²) in [5.41, 5.74) is 3.70. The number of para-hydroxylation sites is 2. The van der Waals surface area contributed by atoms with E-state index >= 15 is 0 Å². The molecule has 0 saturated heterocycles. The Hall–Kier alpha value is -2.77. The first-order valence-electron chi connectivity index (χ1n) is 9.41. The van der Waals surface area contributed by atoms with E-state index < -0.39 is 5.97 Å². The number of fused-ring (bicyclic) bond motifs is 1. The van der Waals surface area contributed by atoms with Gasteiger partial charge in [-0.05, 0) is 36.1 Å². The molecule has 0 bridgehead atoms. The lowest BCUT2D eigenvalue weighted by Gasteiger charge is -2.16. The molecule has 3 rings (SSSR count). The van der Waals surface area contributed by atoms with Gasteiger partial charge in [0.25, 0.3) is 5.91 Å². The molecule has 0 radical (unpaired) electrons. The lowest BCUT2D eigenvalue weighted by molar-refractivity contribution is -0.152. The minimum Gasteiger partial charge on any atom is -0.454 e. The first-order chi connectivity index (χ1) is 13.9. The third-order valence-corrected chi connectivity index (χ3v) is 5.35. The summed E-state index contributed by atoms with van der Waals surface area (Å²) >= 11 is 1.52. The zero-order valence-electron chi connectivity index (χ0n) is 16.7. The van der Waals surface area contributed by atoms with Gasteiger partial charge in [0.2, 0.25) is 0 Å². The van der Waals surface area contributed by atoms with Crippen molar-refractivity contribution < 1.29 is 19.1 Å². The standard InChI is InChI=1S/C22H24N2O4S/c1-14(2)16-8-6-7-15(3)22(16)24-19(25)11-28-21(26)13-27-12-20-23-17-9-4-5-10-18(17)29-20/h4-10,14H,11-13H2,1-3H3,(H,24,25). The second kappa shape index (κ2) is 9.62. The molecule has 3 aromatic rings. The van der Waals surface area contributed by atoms with Gasteiger partial charge in [0.1, 0.15) is 11.6 Å².